The average Bonchev–Trinajstić information content (AvgIpc) is 2.28. The van der Waals surface area contributed by atoms with Gasteiger partial charge in [0.2, 0.25) is 0 Å². The first kappa shape index (κ1) is 12.2. The van der Waals surface area contributed by atoms with E-state index >= 15 is 0 Å². The van der Waals surface area contributed by atoms with Gasteiger partial charge in [-0.1, -0.05) is 25.5 Å². The van der Waals surface area contributed by atoms with Crippen LogP contribution in [0.2, 0.25) is 0 Å². The number of hydrogen-bond donors (Lipinski definition) is 1. The Balaban J connectivity index is 2.15. The molecule has 1 nitrogen and oxygen atoms in total. The topological polar surface area (TPSA) is 20.2 Å². The minimum Gasteiger partial charge on any atom is -0.396 e. The summed E-state index contributed by atoms with van der Waals surface area (Å²) in [4.78, 5) is 0. The molecule has 2 rings (SSSR count). The summed E-state index contributed by atoms with van der Waals surface area (Å²) in [6.45, 7) is 7.43. The van der Waals surface area contributed by atoms with Crippen molar-refractivity contribution < 1.29 is 5.11 Å². The molecule has 2 aliphatic carbocycles. The first-order valence-corrected chi connectivity index (χ1v) is 6.91. The Morgan fingerprint density at radius 1 is 1.38 bits per heavy atom. The molecular weight excluding hydrogens is 196 g/mol. The second-order valence-corrected chi connectivity index (χ2v) is 6.22. The zero-order valence-electron chi connectivity index (χ0n) is 10.9. The molecule has 4 atom stereocenters. The molecule has 16 heavy (non-hydrogen) atoms. The fraction of sp³-hybridized carbons (Fsp3) is 0.867. The maximum atomic E-state index is 9.36. The fourth-order valence-electron chi connectivity index (χ4n) is 3.92. The van der Waals surface area contributed by atoms with Crippen LogP contribution in [-0.2, 0) is 0 Å². The molecule has 0 amide bonds. The van der Waals surface area contributed by atoms with Crippen LogP contribution in [0.1, 0.15) is 46.5 Å². The molecule has 1 saturated carbocycles. The summed E-state index contributed by atoms with van der Waals surface area (Å²) < 4.78 is 0. The summed E-state index contributed by atoms with van der Waals surface area (Å²) in [6.07, 6.45) is 7.54. The van der Waals surface area contributed by atoms with Crippen LogP contribution >= 0.6 is 0 Å². The Bertz CT molecular complexity index is 267. The fourth-order valence-corrected chi connectivity index (χ4v) is 3.92. The van der Waals surface area contributed by atoms with Crippen LogP contribution in [0.15, 0.2) is 11.6 Å². The van der Waals surface area contributed by atoms with E-state index in [-0.39, 0.29) is 0 Å². The molecule has 0 aliphatic heterocycles. The normalized spacial score (nSPS) is 39.4. The van der Waals surface area contributed by atoms with E-state index in [9.17, 15) is 5.11 Å². The van der Waals surface area contributed by atoms with Gasteiger partial charge in [-0.3, -0.25) is 0 Å². The third-order valence-electron chi connectivity index (χ3n) is 4.97. The number of aliphatic hydroxyl groups excluding tert-OH is 1. The zero-order chi connectivity index (χ0) is 11.7. The molecule has 1 N–H and O–H groups in total. The third-order valence-corrected chi connectivity index (χ3v) is 4.97. The number of rotatable bonds is 2. The number of fused-ring (bicyclic) bond motifs is 1. The Morgan fingerprint density at radius 2 is 2.12 bits per heavy atom. The minimum absolute atomic E-state index is 0.400. The quantitative estimate of drug-likeness (QED) is 0.707. The first-order chi connectivity index (χ1) is 7.63. The van der Waals surface area contributed by atoms with Gasteiger partial charge in [0.15, 0.2) is 0 Å². The molecule has 1 heteroatoms. The monoisotopic (exact) mass is 222 g/mol. The molecule has 0 heterocycles. The van der Waals surface area contributed by atoms with Gasteiger partial charge < -0.3 is 5.11 Å². The highest BCUT2D eigenvalue weighted by molar-refractivity contribution is 5.13. The molecule has 0 aromatic rings. The van der Waals surface area contributed by atoms with Gasteiger partial charge in [-0.05, 0) is 62.2 Å². The van der Waals surface area contributed by atoms with Crippen LogP contribution in [-0.4, -0.2) is 11.7 Å². The van der Waals surface area contributed by atoms with E-state index < -0.39 is 0 Å². The number of hydrogen-bond acceptors (Lipinski definition) is 1. The molecule has 2 aliphatic rings. The molecule has 0 radical (unpaired) electrons. The van der Waals surface area contributed by atoms with Crippen LogP contribution in [0.25, 0.3) is 0 Å². The van der Waals surface area contributed by atoms with E-state index in [1.807, 2.05) is 0 Å². The van der Waals surface area contributed by atoms with E-state index in [4.69, 9.17) is 0 Å². The highest BCUT2D eigenvalue weighted by atomic mass is 16.3. The highest BCUT2D eigenvalue weighted by Crippen LogP contribution is 2.47. The maximum Gasteiger partial charge on any atom is 0.0459 e. The molecule has 0 spiro atoms. The Hall–Kier alpha value is -0.300. The van der Waals surface area contributed by atoms with E-state index in [0.29, 0.717) is 12.5 Å². The van der Waals surface area contributed by atoms with Gasteiger partial charge in [0.05, 0.1) is 0 Å². The Morgan fingerprint density at radius 3 is 2.75 bits per heavy atom. The maximum absolute atomic E-state index is 9.36. The molecule has 0 saturated heterocycles. The van der Waals surface area contributed by atoms with Gasteiger partial charge >= 0.3 is 0 Å². The van der Waals surface area contributed by atoms with Crippen molar-refractivity contribution in [3.05, 3.63) is 11.6 Å². The lowest BCUT2D eigenvalue weighted by molar-refractivity contribution is 0.0747. The summed E-state index contributed by atoms with van der Waals surface area (Å²) in [5, 5.41) is 9.36. The molecular formula is C15H26O. The zero-order valence-corrected chi connectivity index (χ0v) is 10.9. The van der Waals surface area contributed by atoms with Crippen molar-refractivity contribution in [2.45, 2.75) is 46.5 Å². The van der Waals surface area contributed by atoms with Crippen molar-refractivity contribution in [1.29, 1.82) is 0 Å². The first-order valence-electron chi connectivity index (χ1n) is 6.91. The van der Waals surface area contributed by atoms with Crippen LogP contribution in [0.4, 0.5) is 0 Å². The smallest absolute Gasteiger partial charge is 0.0459 e. The summed E-state index contributed by atoms with van der Waals surface area (Å²) >= 11 is 0. The number of aliphatic hydroxyl groups is 1. The molecule has 0 aromatic heterocycles. The predicted molar refractivity (Wildman–Crippen MR) is 68.1 cm³/mol. The lowest BCUT2D eigenvalue weighted by Gasteiger charge is -2.45. The Kier molecular flexibility index (Phi) is 3.73. The lowest BCUT2D eigenvalue weighted by Crippen LogP contribution is -2.36. The van der Waals surface area contributed by atoms with E-state index in [1.54, 1.807) is 5.57 Å². The molecule has 0 unspecified atom stereocenters. The van der Waals surface area contributed by atoms with Gasteiger partial charge in [0.25, 0.3) is 0 Å². The van der Waals surface area contributed by atoms with E-state index in [0.717, 1.165) is 23.7 Å². The minimum atomic E-state index is 0.400. The van der Waals surface area contributed by atoms with E-state index in [1.165, 1.54) is 25.7 Å². The van der Waals surface area contributed by atoms with Crippen molar-refractivity contribution in [3.63, 3.8) is 0 Å². The van der Waals surface area contributed by atoms with Crippen LogP contribution < -0.4 is 0 Å². The molecule has 0 aromatic carbocycles. The molecule has 1 fully saturated rings. The predicted octanol–water partition coefficient (Wildman–Crippen LogP) is 3.63. The lowest BCUT2D eigenvalue weighted by atomic mass is 9.61. The van der Waals surface area contributed by atoms with Crippen molar-refractivity contribution >= 4 is 0 Å². The summed E-state index contributed by atoms with van der Waals surface area (Å²) in [6, 6.07) is 0. The van der Waals surface area contributed by atoms with Crippen LogP contribution in [0.5, 0.6) is 0 Å². The van der Waals surface area contributed by atoms with Crippen molar-refractivity contribution in [2.75, 3.05) is 6.61 Å². The second-order valence-electron chi connectivity index (χ2n) is 6.22. The van der Waals surface area contributed by atoms with Crippen LogP contribution in [0.3, 0.4) is 0 Å². The summed E-state index contributed by atoms with van der Waals surface area (Å²) in [7, 11) is 0. The second kappa shape index (κ2) is 4.91. The van der Waals surface area contributed by atoms with Crippen molar-refractivity contribution in [1.82, 2.24) is 0 Å². The third kappa shape index (κ3) is 2.20. The largest absolute Gasteiger partial charge is 0.396 e. The van der Waals surface area contributed by atoms with Gasteiger partial charge in [-0.25, -0.2) is 0 Å². The van der Waals surface area contributed by atoms with Crippen molar-refractivity contribution in [2.24, 2.45) is 29.6 Å². The van der Waals surface area contributed by atoms with Gasteiger partial charge in [-0.15, -0.1) is 0 Å². The van der Waals surface area contributed by atoms with Gasteiger partial charge in [-0.2, -0.15) is 0 Å². The molecule has 92 valence electrons. The number of allylic oxidation sites excluding steroid dienone is 2. The SMILES string of the molecule is CC1=CC[C@@H](C(C)C)[C@@H]2C[C@H](CO)CC[C@@H]12. The van der Waals surface area contributed by atoms with Gasteiger partial charge in [0.1, 0.15) is 0 Å². The summed E-state index contributed by atoms with van der Waals surface area (Å²) in [5.74, 6) is 3.88. The standard InChI is InChI=1S/C15H26O/c1-10(2)13-6-4-11(3)14-7-5-12(9-16)8-15(13)14/h4,10,12-16H,5-9H2,1-3H3/t12-,13+,14+,15+/m1/s1. The summed E-state index contributed by atoms with van der Waals surface area (Å²) in [5.41, 5.74) is 1.62. The van der Waals surface area contributed by atoms with Gasteiger partial charge in [0, 0.05) is 6.61 Å². The molecule has 0 bridgehead atoms. The van der Waals surface area contributed by atoms with Crippen LogP contribution in [0, 0.1) is 29.6 Å². The average molecular weight is 222 g/mol. The Labute approximate surface area is 99.9 Å². The highest BCUT2D eigenvalue weighted by Gasteiger charge is 2.38. The van der Waals surface area contributed by atoms with E-state index in [2.05, 4.69) is 26.8 Å². The van der Waals surface area contributed by atoms with Crippen molar-refractivity contribution in [3.8, 4) is 0 Å².